The van der Waals surface area contributed by atoms with Gasteiger partial charge in [0.25, 0.3) is 5.91 Å². The maximum atomic E-state index is 14.6. The van der Waals surface area contributed by atoms with Gasteiger partial charge in [-0.2, -0.15) is 0 Å². The van der Waals surface area contributed by atoms with Gasteiger partial charge < -0.3 is 16.0 Å². The molecule has 2 atom stereocenters. The predicted molar refractivity (Wildman–Crippen MR) is 147 cm³/mol. The van der Waals surface area contributed by atoms with E-state index in [0.29, 0.717) is 16.9 Å². The summed E-state index contributed by atoms with van der Waals surface area (Å²) in [7, 11) is 0. The van der Waals surface area contributed by atoms with Crippen molar-refractivity contribution in [3.63, 3.8) is 0 Å². The number of rotatable bonds is 5. The van der Waals surface area contributed by atoms with Gasteiger partial charge >= 0.3 is 6.03 Å². The maximum absolute atomic E-state index is 14.6. The van der Waals surface area contributed by atoms with Crippen molar-refractivity contribution in [1.29, 1.82) is 0 Å². The summed E-state index contributed by atoms with van der Waals surface area (Å²) in [5, 5.41) is 2.87. The lowest BCUT2D eigenvalue weighted by Gasteiger charge is -2.33. The van der Waals surface area contributed by atoms with Crippen LogP contribution >= 0.6 is 0 Å². The summed E-state index contributed by atoms with van der Waals surface area (Å²) in [6, 6.07) is 19.1. The highest BCUT2D eigenvalue weighted by atomic mass is 19.1. The summed E-state index contributed by atoms with van der Waals surface area (Å²) >= 11 is 0. The molecule has 198 valence electrons. The summed E-state index contributed by atoms with van der Waals surface area (Å²) in [4.78, 5) is 42.8. The van der Waals surface area contributed by atoms with Gasteiger partial charge in [-0.1, -0.05) is 48.5 Å². The summed E-state index contributed by atoms with van der Waals surface area (Å²) in [6.07, 6.45) is 0.190. The second-order valence-corrected chi connectivity index (χ2v) is 10.7. The molecule has 0 radical (unpaired) electrons. The molecule has 0 bridgehead atoms. The van der Waals surface area contributed by atoms with Gasteiger partial charge in [-0.3, -0.25) is 14.5 Å². The monoisotopic (exact) mass is 516 g/mol. The molecule has 7 nitrogen and oxygen atoms in total. The molecule has 1 heterocycles. The molecular weight excluding hydrogens is 483 g/mol. The van der Waals surface area contributed by atoms with Gasteiger partial charge in [0.2, 0.25) is 5.91 Å². The number of fused-ring (bicyclic) bond motifs is 1. The smallest absolute Gasteiger partial charge is 0.320 e. The van der Waals surface area contributed by atoms with E-state index in [1.165, 1.54) is 21.9 Å². The van der Waals surface area contributed by atoms with Gasteiger partial charge in [-0.15, -0.1) is 0 Å². The van der Waals surface area contributed by atoms with Crippen LogP contribution in [0.25, 0.3) is 0 Å². The predicted octanol–water partition coefficient (Wildman–Crippen LogP) is 4.87. The van der Waals surface area contributed by atoms with E-state index in [4.69, 9.17) is 5.73 Å². The van der Waals surface area contributed by atoms with Crippen molar-refractivity contribution in [3.8, 4) is 0 Å². The molecule has 3 aromatic carbocycles. The lowest BCUT2D eigenvalue weighted by atomic mass is 9.85. The highest BCUT2D eigenvalue weighted by Gasteiger charge is 2.41. The number of urea groups is 1. The molecule has 0 fully saturated rings. The number of amides is 4. The first-order valence-electron chi connectivity index (χ1n) is 12.6. The number of carbonyl (C=O) groups is 3. The first-order valence-corrected chi connectivity index (χ1v) is 12.6. The fourth-order valence-corrected chi connectivity index (χ4v) is 5.01. The molecule has 3 N–H and O–H groups in total. The molecule has 0 aromatic heterocycles. The third-order valence-corrected chi connectivity index (χ3v) is 6.52. The van der Waals surface area contributed by atoms with Crippen LogP contribution in [-0.4, -0.2) is 36.0 Å². The minimum Gasteiger partial charge on any atom is -0.351 e. The normalized spacial score (nSPS) is 17.4. The van der Waals surface area contributed by atoms with Crippen LogP contribution in [0.15, 0.2) is 72.8 Å². The van der Waals surface area contributed by atoms with Gasteiger partial charge in [0.1, 0.15) is 18.4 Å². The third-order valence-electron chi connectivity index (χ3n) is 6.52. The Bertz CT molecular complexity index is 1350. The van der Waals surface area contributed by atoms with E-state index in [9.17, 15) is 18.8 Å². The number of nitrogens with two attached hydrogens (primary N) is 1. The van der Waals surface area contributed by atoms with Gasteiger partial charge in [0.05, 0.1) is 5.69 Å². The first-order chi connectivity index (χ1) is 17.9. The molecule has 0 spiro atoms. The Labute approximate surface area is 222 Å². The molecule has 38 heavy (non-hydrogen) atoms. The van der Waals surface area contributed by atoms with E-state index < -0.39 is 35.2 Å². The van der Waals surface area contributed by atoms with E-state index in [1.54, 1.807) is 24.3 Å². The van der Waals surface area contributed by atoms with Crippen LogP contribution in [0.2, 0.25) is 0 Å². The zero-order chi connectivity index (χ0) is 27.6. The SMILES string of the molecule is Cc1cccc(N(C(N)=O)C2CC(c3ccccc3)c3ccc(F)cc3N(CC(=O)NC(C)(C)C)C2=O)c1. The molecule has 4 rings (SSSR count). The lowest BCUT2D eigenvalue weighted by molar-refractivity contribution is -0.125. The van der Waals surface area contributed by atoms with Crippen LogP contribution in [0.4, 0.5) is 20.6 Å². The number of benzene rings is 3. The van der Waals surface area contributed by atoms with Crippen molar-refractivity contribution in [3.05, 3.63) is 95.3 Å². The van der Waals surface area contributed by atoms with Crippen molar-refractivity contribution in [1.82, 2.24) is 5.32 Å². The minimum atomic E-state index is -1.04. The number of nitrogens with one attached hydrogen (secondary N) is 1. The summed E-state index contributed by atoms with van der Waals surface area (Å²) in [6.45, 7) is 7.05. The summed E-state index contributed by atoms with van der Waals surface area (Å²) in [5.41, 5.74) is 8.58. The van der Waals surface area contributed by atoms with Crippen LogP contribution in [0.1, 0.15) is 49.8 Å². The van der Waals surface area contributed by atoms with Crippen LogP contribution in [-0.2, 0) is 9.59 Å². The average Bonchev–Trinajstić information content (AvgIpc) is 2.94. The lowest BCUT2D eigenvalue weighted by Crippen LogP contribution is -2.55. The minimum absolute atomic E-state index is 0.190. The van der Waals surface area contributed by atoms with Gasteiger partial charge in [0, 0.05) is 17.1 Å². The number of hydrogen-bond donors (Lipinski definition) is 2. The Hall–Kier alpha value is -4.20. The fourth-order valence-electron chi connectivity index (χ4n) is 5.01. The van der Waals surface area contributed by atoms with Crippen LogP contribution in [0, 0.1) is 12.7 Å². The van der Waals surface area contributed by atoms with Gasteiger partial charge in [0.15, 0.2) is 0 Å². The van der Waals surface area contributed by atoms with Gasteiger partial charge in [-0.25, -0.2) is 9.18 Å². The summed E-state index contributed by atoms with van der Waals surface area (Å²) < 4.78 is 14.6. The third kappa shape index (κ3) is 5.85. The molecule has 0 saturated heterocycles. The Morgan fingerprint density at radius 3 is 2.39 bits per heavy atom. The molecule has 0 aliphatic carbocycles. The van der Waals surface area contributed by atoms with Crippen molar-refractivity contribution in [2.75, 3.05) is 16.3 Å². The number of nitrogens with zero attached hydrogens (tertiary/aromatic N) is 2. The summed E-state index contributed by atoms with van der Waals surface area (Å²) in [5.74, 6) is -1.82. The molecular formula is C30H33FN4O3. The first kappa shape index (κ1) is 26.9. The fraction of sp³-hybridized carbons (Fsp3) is 0.300. The molecule has 0 saturated carbocycles. The Morgan fingerprint density at radius 2 is 1.76 bits per heavy atom. The van der Waals surface area contributed by atoms with Crippen molar-refractivity contribution in [2.24, 2.45) is 5.73 Å². The van der Waals surface area contributed by atoms with Crippen molar-refractivity contribution >= 4 is 29.2 Å². The number of carbonyl (C=O) groups excluding carboxylic acids is 3. The average molecular weight is 517 g/mol. The Balaban J connectivity index is 1.90. The topological polar surface area (TPSA) is 95.7 Å². The van der Waals surface area contributed by atoms with Crippen LogP contribution < -0.4 is 20.9 Å². The second-order valence-electron chi connectivity index (χ2n) is 10.7. The van der Waals surface area contributed by atoms with Gasteiger partial charge in [-0.05, 0) is 75.1 Å². The zero-order valence-electron chi connectivity index (χ0n) is 22.1. The zero-order valence-corrected chi connectivity index (χ0v) is 22.1. The van der Waals surface area contributed by atoms with E-state index in [1.807, 2.05) is 64.1 Å². The molecule has 1 aliphatic rings. The van der Waals surface area contributed by atoms with E-state index in [-0.39, 0.29) is 18.9 Å². The Morgan fingerprint density at radius 1 is 1.05 bits per heavy atom. The molecule has 8 heteroatoms. The maximum Gasteiger partial charge on any atom is 0.320 e. The molecule has 2 unspecified atom stereocenters. The second kappa shape index (κ2) is 10.7. The van der Waals surface area contributed by atoms with E-state index in [0.717, 1.165) is 11.1 Å². The van der Waals surface area contributed by atoms with Crippen LogP contribution in [0.3, 0.4) is 0 Å². The Kier molecular flexibility index (Phi) is 7.53. The molecule has 1 aliphatic heterocycles. The molecule has 3 aromatic rings. The number of hydrogen-bond acceptors (Lipinski definition) is 3. The molecule has 4 amide bonds. The van der Waals surface area contributed by atoms with Crippen molar-refractivity contribution < 1.29 is 18.8 Å². The standard InChI is InChI=1S/C30H33FN4O3/c1-19-9-8-12-22(15-19)35(29(32)38)26-17-24(20-10-6-5-7-11-20)23-14-13-21(31)16-25(23)34(28(26)37)18-27(36)33-30(2,3)4/h5-16,24,26H,17-18H2,1-4H3,(H2,32,38)(H,33,36). The number of anilines is 2. The highest BCUT2D eigenvalue weighted by molar-refractivity contribution is 6.08. The quantitative estimate of drug-likeness (QED) is 0.506. The number of aryl methyl sites for hydroxylation is 1. The van der Waals surface area contributed by atoms with E-state index >= 15 is 0 Å². The van der Waals surface area contributed by atoms with E-state index in [2.05, 4.69) is 5.32 Å². The number of primary amides is 1. The number of halogens is 1. The highest BCUT2D eigenvalue weighted by Crippen LogP contribution is 2.41. The van der Waals surface area contributed by atoms with Crippen LogP contribution in [0.5, 0.6) is 0 Å². The van der Waals surface area contributed by atoms with Crippen molar-refractivity contribution in [2.45, 2.75) is 51.6 Å². The largest absolute Gasteiger partial charge is 0.351 e.